The van der Waals surface area contributed by atoms with E-state index in [1.54, 1.807) is 0 Å². The summed E-state index contributed by atoms with van der Waals surface area (Å²) in [5.74, 6) is -27.0. The Morgan fingerprint density at radius 2 is 1.06 bits per heavy atom. The van der Waals surface area contributed by atoms with Gasteiger partial charge in [0.2, 0.25) is 0 Å². The third-order valence-corrected chi connectivity index (χ3v) is 1.71. The third kappa shape index (κ3) is 2.15. The van der Waals surface area contributed by atoms with Crippen LogP contribution in [0.15, 0.2) is 0 Å². The van der Waals surface area contributed by atoms with Crippen LogP contribution in [0.5, 0.6) is 0 Å². The van der Waals surface area contributed by atoms with Crippen LogP contribution in [0.4, 0.5) is 48.3 Å². The van der Waals surface area contributed by atoms with Crippen molar-refractivity contribution in [1.82, 2.24) is 0 Å². The highest BCUT2D eigenvalue weighted by Gasteiger charge is 2.82. The minimum atomic E-state index is -7.11. The summed E-state index contributed by atoms with van der Waals surface area (Å²) >= 11 is 0. The summed E-state index contributed by atoms with van der Waals surface area (Å²) in [5.41, 5.74) is 0. The van der Waals surface area contributed by atoms with Gasteiger partial charge in [-0.3, -0.25) is 0 Å². The lowest BCUT2D eigenvalue weighted by Gasteiger charge is -2.35. The molecule has 11 heteroatoms. The van der Waals surface area contributed by atoms with Gasteiger partial charge < -0.3 is 0 Å². The molecule has 0 aliphatic heterocycles. The Morgan fingerprint density at radius 1 is 0.706 bits per heavy atom. The normalized spacial score (nSPS) is 15.5. The molecule has 0 heterocycles. The highest BCUT2D eigenvalue weighted by atomic mass is 19.4. The number of hydrogen-bond donors (Lipinski definition) is 0. The van der Waals surface area contributed by atoms with Crippen LogP contribution in [0, 0.1) is 0 Å². The van der Waals surface area contributed by atoms with Crippen molar-refractivity contribution in [3.8, 4) is 0 Å². The second-order valence-corrected chi connectivity index (χ2v) is 2.91. The van der Waals surface area contributed by atoms with Crippen molar-refractivity contribution in [2.45, 2.75) is 30.1 Å². The number of halogens is 11. The zero-order valence-corrected chi connectivity index (χ0v) is 7.44. The minimum Gasteiger partial charge on any atom is -0.244 e. The monoisotopic (exact) mass is 284 g/mol. The molecular weight excluding hydrogens is 281 g/mol. The topological polar surface area (TPSA) is 0 Å². The van der Waals surface area contributed by atoms with Crippen molar-refractivity contribution < 1.29 is 48.3 Å². The van der Waals surface area contributed by atoms with Gasteiger partial charge in [0, 0.05) is 0 Å². The lowest BCUT2D eigenvalue weighted by molar-refractivity contribution is -0.384. The summed E-state index contributed by atoms with van der Waals surface area (Å²) < 4.78 is 132. The van der Waals surface area contributed by atoms with E-state index in [-0.39, 0.29) is 0 Å². The van der Waals surface area contributed by atoms with Crippen LogP contribution in [0.25, 0.3) is 0 Å². The Bertz CT molecular complexity index is 267. The highest BCUT2D eigenvalue weighted by Crippen LogP contribution is 2.54. The van der Waals surface area contributed by atoms with Gasteiger partial charge in [0.25, 0.3) is 0 Å². The maximum Gasteiger partial charge on any atom is 0.384 e. The van der Waals surface area contributed by atoms with Gasteiger partial charge >= 0.3 is 30.1 Å². The first-order chi connectivity index (χ1) is 7.25. The predicted molar refractivity (Wildman–Crippen MR) is 31.8 cm³/mol. The van der Waals surface area contributed by atoms with Crippen molar-refractivity contribution in [2.24, 2.45) is 0 Å². The van der Waals surface area contributed by atoms with Gasteiger partial charge in [-0.05, 0) is 0 Å². The number of alkyl halides is 11. The quantitative estimate of drug-likeness (QED) is 0.674. The first-order valence-electron chi connectivity index (χ1n) is 3.61. The Morgan fingerprint density at radius 3 is 1.29 bits per heavy atom. The van der Waals surface area contributed by atoms with E-state index in [0.717, 1.165) is 0 Å². The van der Waals surface area contributed by atoms with Gasteiger partial charge in [0.05, 0.1) is 0 Å². The summed E-state index contributed by atoms with van der Waals surface area (Å²) in [6.07, 6.45) is -5.32. The molecule has 0 nitrogen and oxygen atoms in total. The Hall–Kier alpha value is -0.770. The maximum atomic E-state index is 12.3. The fourth-order valence-electron chi connectivity index (χ4n) is 0.660. The SMILES string of the molecule is FCC(F)(F)C(F)(F)C(F)(F)C(F)(F)C(F)F. The average Bonchev–Trinajstić information content (AvgIpc) is 2.16. The molecule has 0 atom stereocenters. The van der Waals surface area contributed by atoms with Gasteiger partial charge in [-0.15, -0.1) is 0 Å². The largest absolute Gasteiger partial charge is 0.384 e. The minimum absolute atomic E-state index is 3.41. The first-order valence-corrected chi connectivity index (χ1v) is 3.61. The molecule has 0 spiro atoms. The molecule has 0 N–H and O–H groups in total. The molecule has 0 bridgehead atoms. The van der Waals surface area contributed by atoms with E-state index in [1.807, 2.05) is 0 Å². The smallest absolute Gasteiger partial charge is 0.244 e. The molecule has 17 heavy (non-hydrogen) atoms. The van der Waals surface area contributed by atoms with Crippen molar-refractivity contribution in [2.75, 3.05) is 6.67 Å². The maximum absolute atomic E-state index is 12.3. The van der Waals surface area contributed by atoms with Crippen molar-refractivity contribution in [1.29, 1.82) is 0 Å². The average molecular weight is 284 g/mol. The molecule has 0 aromatic rings. The molecule has 0 saturated heterocycles. The van der Waals surface area contributed by atoms with E-state index in [2.05, 4.69) is 0 Å². The van der Waals surface area contributed by atoms with Crippen LogP contribution < -0.4 is 0 Å². The summed E-state index contributed by atoms with van der Waals surface area (Å²) in [6.45, 7) is -3.41. The molecule has 0 fully saturated rings. The molecule has 0 unspecified atom stereocenters. The van der Waals surface area contributed by atoms with E-state index in [4.69, 9.17) is 0 Å². The molecule has 0 aromatic carbocycles. The molecule has 0 amide bonds. The van der Waals surface area contributed by atoms with Crippen LogP contribution in [-0.2, 0) is 0 Å². The standard InChI is InChI=1S/C6H3F11/c7-1-3(10,11)5(14,15)6(16,17)4(12,13)2(8)9/h2H,1H2. The van der Waals surface area contributed by atoms with Gasteiger partial charge in [-0.2, -0.15) is 35.1 Å². The second kappa shape index (κ2) is 4.16. The summed E-state index contributed by atoms with van der Waals surface area (Å²) in [5, 5.41) is 0. The zero-order valence-electron chi connectivity index (χ0n) is 7.44. The molecular formula is C6H3F11. The van der Waals surface area contributed by atoms with Crippen molar-refractivity contribution >= 4 is 0 Å². The van der Waals surface area contributed by atoms with E-state index in [0.29, 0.717) is 0 Å². The van der Waals surface area contributed by atoms with Crippen molar-refractivity contribution in [3.63, 3.8) is 0 Å². The second-order valence-electron chi connectivity index (χ2n) is 2.91. The first kappa shape index (κ1) is 16.2. The molecule has 0 aliphatic carbocycles. The zero-order chi connectivity index (χ0) is 14.3. The van der Waals surface area contributed by atoms with E-state index in [1.165, 1.54) is 0 Å². The van der Waals surface area contributed by atoms with Gasteiger partial charge in [-0.25, -0.2) is 13.2 Å². The van der Waals surface area contributed by atoms with Crippen LogP contribution in [0.3, 0.4) is 0 Å². The fraction of sp³-hybridized carbons (Fsp3) is 1.00. The summed E-state index contributed by atoms with van der Waals surface area (Å²) in [7, 11) is 0. The van der Waals surface area contributed by atoms with E-state index < -0.39 is 36.8 Å². The summed E-state index contributed by atoms with van der Waals surface area (Å²) in [6, 6.07) is 0. The van der Waals surface area contributed by atoms with Crippen LogP contribution in [0.2, 0.25) is 0 Å². The molecule has 0 saturated carbocycles. The number of rotatable bonds is 5. The summed E-state index contributed by atoms with van der Waals surface area (Å²) in [4.78, 5) is 0. The third-order valence-electron chi connectivity index (χ3n) is 1.71. The van der Waals surface area contributed by atoms with Crippen molar-refractivity contribution in [3.05, 3.63) is 0 Å². The van der Waals surface area contributed by atoms with Gasteiger partial charge in [0.1, 0.15) is 0 Å². The molecule has 104 valence electrons. The predicted octanol–water partition coefficient (Wildman–Crippen LogP) is 3.76. The lowest BCUT2D eigenvalue weighted by atomic mass is 9.99. The molecule has 0 aliphatic rings. The Labute approximate surface area is 86.4 Å². The molecule has 0 radical (unpaired) electrons. The van der Waals surface area contributed by atoms with E-state index >= 15 is 0 Å². The van der Waals surface area contributed by atoms with Gasteiger partial charge in [0.15, 0.2) is 6.67 Å². The van der Waals surface area contributed by atoms with Crippen LogP contribution in [-0.4, -0.2) is 36.8 Å². The lowest BCUT2D eigenvalue weighted by Crippen LogP contribution is -2.64. The van der Waals surface area contributed by atoms with Gasteiger partial charge in [-0.1, -0.05) is 0 Å². The fourth-order valence-corrected chi connectivity index (χ4v) is 0.660. The molecule has 0 rings (SSSR count). The Kier molecular flexibility index (Phi) is 3.97. The number of hydrogen-bond acceptors (Lipinski definition) is 0. The molecule has 0 aromatic heterocycles. The van der Waals surface area contributed by atoms with Crippen LogP contribution in [0.1, 0.15) is 0 Å². The van der Waals surface area contributed by atoms with E-state index in [9.17, 15) is 48.3 Å². The highest BCUT2D eigenvalue weighted by molar-refractivity contribution is 5.04. The Balaban J connectivity index is 5.61. The van der Waals surface area contributed by atoms with Crippen LogP contribution >= 0.6 is 0 Å².